The van der Waals surface area contributed by atoms with Gasteiger partial charge in [-0.2, -0.15) is 5.10 Å². The maximum absolute atomic E-state index is 4.28. The number of hydrogen-bond donors (Lipinski definition) is 2. The Morgan fingerprint density at radius 2 is 2.50 bits per heavy atom. The highest BCUT2D eigenvalue weighted by Crippen LogP contribution is 2.10. The molecule has 14 heavy (non-hydrogen) atoms. The first-order valence-corrected chi connectivity index (χ1v) is 5.30. The summed E-state index contributed by atoms with van der Waals surface area (Å²) in [7, 11) is 0. The van der Waals surface area contributed by atoms with E-state index in [9.17, 15) is 0 Å². The zero-order chi connectivity index (χ0) is 9.80. The van der Waals surface area contributed by atoms with E-state index in [2.05, 4.69) is 25.5 Å². The van der Waals surface area contributed by atoms with Crippen molar-refractivity contribution in [2.24, 2.45) is 0 Å². The molecule has 2 heterocycles. The van der Waals surface area contributed by atoms with Crippen LogP contribution in [0.1, 0.15) is 18.6 Å². The summed E-state index contributed by atoms with van der Waals surface area (Å²) >= 11 is 1.57. The van der Waals surface area contributed by atoms with Crippen LogP contribution < -0.4 is 5.32 Å². The third-order valence-corrected chi connectivity index (χ3v) is 2.46. The van der Waals surface area contributed by atoms with Gasteiger partial charge in [-0.15, -0.1) is 11.3 Å². The van der Waals surface area contributed by atoms with Gasteiger partial charge in [-0.3, -0.25) is 5.10 Å². The lowest BCUT2D eigenvalue weighted by Crippen LogP contribution is -2.00. The summed E-state index contributed by atoms with van der Waals surface area (Å²) in [6.45, 7) is 2.67. The van der Waals surface area contributed by atoms with E-state index in [0.29, 0.717) is 6.54 Å². The first-order valence-electron chi connectivity index (χ1n) is 4.42. The molecule has 0 atom stereocenters. The number of aromatic amines is 1. The van der Waals surface area contributed by atoms with Crippen LogP contribution in [0.2, 0.25) is 0 Å². The lowest BCUT2D eigenvalue weighted by atomic mass is 10.5. The van der Waals surface area contributed by atoms with Gasteiger partial charge in [0.25, 0.3) is 0 Å². The smallest absolute Gasteiger partial charge is 0.182 e. The first-order chi connectivity index (χ1) is 6.88. The van der Waals surface area contributed by atoms with Crippen LogP contribution in [0.3, 0.4) is 0 Å². The molecule has 0 aliphatic rings. The van der Waals surface area contributed by atoms with Crippen LogP contribution in [-0.2, 0) is 13.0 Å². The van der Waals surface area contributed by atoms with E-state index in [-0.39, 0.29) is 0 Å². The second-order valence-electron chi connectivity index (χ2n) is 2.74. The summed E-state index contributed by atoms with van der Waals surface area (Å²) in [6, 6.07) is 0. The van der Waals surface area contributed by atoms with Gasteiger partial charge in [-0.1, -0.05) is 6.92 Å². The predicted molar refractivity (Wildman–Crippen MR) is 55.2 cm³/mol. The summed E-state index contributed by atoms with van der Waals surface area (Å²) in [6.07, 6.45) is 2.62. The molecule has 0 aliphatic carbocycles. The molecule has 0 spiro atoms. The molecule has 0 bridgehead atoms. The maximum Gasteiger partial charge on any atom is 0.182 e. The van der Waals surface area contributed by atoms with Gasteiger partial charge in [0.15, 0.2) is 11.0 Å². The Balaban J connectivity index is 1.92. The van der Waals surface area contributed by atoms with Crippen LogP contribution >= 0.6 is 11.3 Å². The van der Waals surface area contributed by atoms with E-state index < -0.39 is 0 Å². The molecule has 0 aliphatic heterocycles. The van der Waals surface area contributed by atoms with E-state index >= 15 is 0 Å². The number of thiazole rings is 1. The largest absolute Gasteiger partial charge is 0.354 e. The normalized spacial score (nSPS) is 10.4. The van der Waals surface area contributed by atoms with Crippen molar-refractivity contribution >= 4 is 16.5 Å². The van der Waals surface area contributed by atoms with Crippen LogP contribution in [0.5, 0.6) is 0 Å². The standard InChI is InChI=1S/C8H11N5S/c1-2-6-11-7(13-12-6)5-10-8-9-3-4-14-8/h3-4H,2,5H2,1H3,(H,9,10)(H,11,12,13). The Bertz CT molecular complexity index is 380. The molecule has 2 rings (SSSR count). The number of nitrogens with zero attached hydrogens (tertiary/aromatic N) is 3. The van der Waals surface area contributed by atoms with Crippen LogP contribution in [-0.4, -0.2) is 20.2 Å². The summed E-state index contributed by atoms with van der Waals surface area (Å²) in [5.74, 6) is 1.69. The Morgan fingerprint density at radius 3 is 3.14 bits per heavy atom. The highest BCUT2D eigenvalue weighted by atomic mass is 32.1. The minimum atomic E-state index is 0.639. The number of aromatic nitrogens is 4. The summed E-state index contributed by atoms with van der Waals surface area (Å²) in [4.78, 5) is 8.38. The summed E-state index contributed by atoms with van der Waals surface area (Å²) in [5, 5.41) is 12.9. The molecule has 0 fully saturated rings. The molecule has 0 amide bonds. The Kier molecular flexibility index (Phi) is 2.73. The van der Waals surface area contributed by atoms with Crippen molar-refractivity contribution in [1.29, 1.82) is 0 Å². The third-order valence-electron chi connectivity index (χ3n) is 1.73. The number of nitrogens with one attached hydrogen (secondary N) is 2. The van der Waals surface area contributed by atoms with E-state index in [1.54, 1.807) is 17.5 Å². The van der Waals surface area contributed by atoms with Crippen molar-refractivity contribution in [1.82, 2.24) is 20.2 Å². The van der Waals surface area contributed by atoms with Crippen molar-refractivity contribution < 1.29 is 0 Å². The van der Waals surface area contributed by atoms with Gasteiger partial charge in [0.1, 0.15) is 5.82 Å². The lowest BCUT2D eigenvalue weighted by molar-refractivity contribution is 0.938. The fourth-order valence-electron chi connectivity index (χ4n) is 1.04. The number of rotatable bonds is 4. The molecule has 0 aromatic carbocycles. The van der Waals surface area contributed by atoms with Crippen molar-refractivity contribution in [3.8, 4) is 0 Å². The van der Waals surface area contributed by atoms with E-state index in [4.69, 9.17) is 0 Å². The monoisotopic (exact) mass is 209 g/mol. The molecule has 2 aromatic heterocycles. The Labute approximate surface area is 85.6 Å². The minimum absolute atomic E-state index is 0.639. The second kappa shape index (κ2) is 4.19. The summed E-state index contributed by atoms with van der Waals surface area (Å²) in [5.41, 5.74) is 0. The Hall–Kier alpha value is -1.43. The molecular weight excluding hydrogens is 198 g/mol. The second-order valence-corrected chi connectivity index (χ2v) is 3.64. The number of H-pyrrole nitrogens is 1. The van der Waals surface area contributed by atoms with Gasteiger partial charge < -0.3 is 5.32 Å². The van der Waals surface area contributed by atoms with E-state index in [0.717, 1.165) is 23.2 Å². The van der Waals surface area contributed by atoms with Gasteiger partial charge >= 0.3 is 0 Å². The van der Waals surface area contributed by atoms with Crippen LogP contribution in [0.15, 0.2) is 11.6 Å². The van der Waals surface area contributed by atoms with Crippen LogP contribution in [0.25, 0.3) is 0 Å². The quantitative estimate of drug-likeness (QED) is 0.799. The van der Waals surface area contributed by atoms with Crippen molar-refractivity contribution in [2.45, 2.75) is 19.9 Å². The van der Waals surface area contributed by atoms with Gasteiger partial charge in [0.05, 0.1) is 6.54 Å². The highest BCUT2D eigenvalue weighted by molar-refractivity contribution is 7.13. The zero-order valence-electron chi connectivity index (χ0n) is 7.82. The molecule has 6 heteroatoms. The van der Waals surface area contributed by atoms with Crippen molar-refractivity contribution in [3.63, 3.8) is 0 Å². The average molecular weight is 209 g/mol. The number of aryl methyl sites for hydroxylation is 1. The molecule has 2 N–H and O–H groups in total. The van der Waals surface area contributed by atoms with Crippen molar-refractivity contribution in [3.05, 3.63) is 23.2 Å². The molecule has 5 nitrogen and oxygen atoms in total. The zero-order valence-corrected chi connectivity index (χ0v) is 8.64. The topological polar surface area (TPSA) is 66.5 Å². The third kappa shape index (κ3) is 2.08. The van der Waals surface area contributed by atoms with Gasteiger partial charge in [0.2, 0.25) is 0 Å². The predicted octanol–water partition coefficient (Wildman–Crippen LogP) is 1.44. The molecular formula is C8H11N5S. The molecule has 2 aromatic rings. The first kappa shape index (κ1) is 9.14. The lowest BCUT2D eigenvalue weighted by Gasteiger charge is -1.96. The van der Waals surface area contributed by atoms with Gasteiger partial charge in [-0.25, -0.2) is 9.97 Å². The van der Waals surface area contributed by atoms with Crippen LogP contribution in [0.4, 0.5) is 5.13 Å². The maximum atomic E-state index is 4.28. The molecule has 0 unspecified atom stereocenters. The van der Waals surface area contributed by atoms with E-state index in [1.807, 2.05) is 12.3 Å². The molecule has 74 valence electrons. The SMILES string of the molecule is CCc1n[nH]c(CNc2nccs2)n1. The molecule has 0 saturated heterocycles. The molecule has 0 radical (unpaired) electrons. The van der Waals surface area contributed by atoms with Crippen molar-refractivity contribution in [2.75, 3.05) is 5.32 Å². The average Bonchev–Trinajstić information content (AvgIpc) is 2.86. The fraction of sp³-hybridized carbons (Fsp3) is 0.375. The van der Waals surface area contributed by atoms with E-state index in [1.165, 1.54) is 0 Å². The minimum Gasteiger partial charge on any atom is -0.354 e. The Morgan fingerprint density at radius 1 is 1.57 bits per heavy atom. The summed E-state index contributed by atoms with van der Waals surface area (Å²) < 4.78 is 0. The van der Waals surface area contributed by atoms with Gasteiger partial charge in [-0.05, 0) is 0 Å². The fourth-order valence-corrected chi connectivity index (χ4v) is 1.57. The van der Waals surface area contributed by atoms with Crippen LogP contribution in [0, 0.1) is 0 Å². The molecule has 0 saturated carbocycles. The number of anilines is 1. The van der Waals surface area contributed by atoms with Gasteiger partial charge in [0, 0.05) is 18.0 Å². The highest BCUT2D eigenvalue weighted by Gasteiger charge is 2.01. The number of hydrogen-bond acceptors (Lipinski definition) is 5.